The molecule has 6 nitrogen and oxygen atoms in total. The molecule has 6 heteroatoms. The molecule has 0 aliphatic carbocycles. The molecule has 0 radical (unpaired) electrons. The number of nitrogens with zero attached hydrogens (tertiary/aromatic N) is 3. The van der Waals surface area contributed by atoms with Gasteiger partial charge in [0.25, 0.3) is 5.56 Å². The van der Waals surface area contributed by atoms with Crippen molar-refractivity contribution in [3.05, 3.63) is 56.7 Å². The maximum Gasteiger partial charge on any atom is 0.339 e. The molecule has 0 amide bonds. The predicted octanol–water partition coefficient (Wildman–Crippen LogP) is 0.962. The van der Waals surface area contributed by atoms with E-state index in [9.17, 15) is 9.59 Å². The molecule has 0 aliphatic heterocycles. The molecular formula is C13H11N3O3. The first-order chi connectivity index (χ1) is 9.08. The second-order valence-electron chi connectivity index (χ2n) is 4.37. The highest BCUT2D eigenvalue weighted by Gasteiger charge is 2.14. The van der Waals surface area contributed by atoms with Crippen molar-refractivity contribution < 1.29 is 4.52 Å². The lowest BCUT2D eigenvalue weighted by Gasteiger charge is -2.00. The quantitative estimate of drug-likeness (QED) is 0.651. The Kier molecular flexibility index (Phi) is 2.38. The standard InChI is InChI=1S/C13H11N3O3/c1-8-3-5-9(6-4-8)12-14-19-11-7-10(17)15(2)13(18)16(11)12/h3-7H,1-2H3. The van der Waals surface area contributed by atoms with Crippen molar-refractivity contribution in [3.63, 3.8) is 0 Å². The molecule has 0 atom stereocenters. The minimum absolute atomic E-state index is 0.142. The van der Waals surface area contributed by atoms with Crippen molar-refractivity contribution in [1.82, 2.24) is 14.1 Å². The van der Waals surface area contributed by atoms with Crippen molar-refractivity contribution in [1.29, 1.82) is 0 Å². The smallest absolute Gasteiger partial charge is 0.335 e. The Morgan fingerprint density at radius 3 is 2.53 bits per heavy atom. The normalized spacial score (nSPS) is 11.1. The maximum atomic E-state index is 12.1. The maximum absolute atomic E-state index is 12.1. The van der Waals surface area contributed by atoms with E-state index < -0.39 is 11.2 Å². The summed E-state index contributed by atoms with van der Waals surface area (Å²) in [6.45, 7) is 1.97. The van der Waals surface area contributed by atoms with Crippen molar-refractivity contribution in [2.75, 3.05) is 0 Å². The molecular weight excluding hydrogens is 246 g/mol. The largest absolute Gasteiger partial charge is 0.339 e. The molecule has 0 unspecified atom stereocenters. The summed E-state index contributed by atoms with van der Waals surface area (Å²) in [6, 6.07) is 8.78. The summed E-state index contributed by atoms with van der Waals surface area (Å²) in [5.41, 5.74) is 1.11. The number of aromatic nitrogens is 3. The first kappa shape index (κ1) is 11.5. The van der Waals surface area contributed by atoms with Gasteiger partial charge in [0.1, 0.15) is 0 Å². The fourth-order valence-electron chi connectivity index (χ4n) is 1.88. The fourth-order valence-corrected chi connectivity index (χ4v) is 1.88. The molecule has 2 heterocycles. The molecule has 0 aliphatic rings. The molecule has 0 spiro atoms. The topological polar surface area (TPSA) is 69.5 Å². The Morgan fingerprint density at radius 1 is 1.16 bits per heavy atom. The van der Waals surface area contributed by atoms with Crippen LogP contribution in [0, 0.1) is 6.92 Å². The van der Waals surface area contributed by atoms with E-state index in [1.54, 1.807) is 0 Å². The third kappa shape index (κ3) is 1.69. The van der Waals surface area contributed by atoms with E-state index in [0.29, 0.717) is 5.82 Å². The summed E-state index contributed by atoms with van der Waals surface area (Å²) in [4.78, 5) is 23.6. The van der Waals surface area contributed by atoms with Gasteiger partial charge in [-0.05, 0) is 6.92 Å². The first-order valence-corrected chi connectivity index (χ1v) is 5.73. The molecule has 3 aromatic rings. The van der Waals surface area contributed by atoms with Gasteiger partial charge in [-0.2, -0.15) is 0 Å². The number of hydrogen-bond acceptors (Lipinski definition) is 4. The molecule has 2 aromatic heterocycles. The monoisotopic (exact) mass is 257 g/mol. The first-order valence-electron chi connectivity index (χ1n) is 5.73. The SMILES string of the molecule is Cc1ccc(-c2noc3cc(=O)n(C)c(=O)n23)cc1. The van der Waals surface area contributed by atoms with Crippen molar-refractivity contribution in [2.24, 2.45) is 7.05 Å². The summed E-state index contributed by atoms with van der Waals surface area (Å²) >= 11 is 0. The van der Waals surface area contributed by atoms with E-state index in [-0.39, 0.29) is 5.71 Å². The van der Waals surface area contributed by atoms with Gasteiger partial charge in [-0.1, -0.05) is 35.0 Å². The zero-order valence-electron chi connectivity index (χ0n) is 10.5. The van der Waals surface area contributed by atoms with E-state index in [4.69, 9.17) is 4.52 Å². The Labute approximate surface area is 107 Å². The van der Waals surface area contributed by atoms with E-state index in [1.165, 1.54) is 17.5 Å². The molecule has 1 aromatic carbocycles. The van der Waals surface area contributed by atoms with Crippen molar-refractivity contribution in [3.8, 4) is 11.4 Å². The highest BCUT2D eigenvalue weighted by atomic mass is 16.5. The molecule has 19 heavy (non-hydrogen) atoms. The Morgan fingerprint density at radius 2 is 1.84 bits per heavy atom. The van der Waals surface area contributed by atoms with Crippen molar-refractivity contribution >= 4 is 5.71 Å². The van der Waals surface area contributed by atoms with E-state index in [1.807, 2.05) is 31.2 Å². The third-order valence-electron chi connectivity index (χ3n) is 3.02. The highest BCUT2D eigenvalue weighted by molar-refractivity contribution is 5.58. The van der Waals surface area contributed by atoms with Crippen LogP contribution in [-0.2, 0) is 7.05 Å². The second-order valence-corrected chi connectivity index (χ2v) is 4.37. The lowest BCUT2D eigenvalue weighted by molar-refractivity contribution is 0.455. The van der Waals surface area contributed by atoms with Crippen LogP contribution in [0.3, 0.4) is 0 Å². The van der Waals surface area contributed by atoms with Gasteiger partial charge < -0.3 is 4.52 Å². The van der Waals surface area contributed by atoms with Crippen molar-refractivity contribution in [2.45, 2.75) is 6.92 Å². The molecule has 0 fully saturated rings. The van der Waals surface area contributed by atoms with Gasteiger partial charge in [0, 0.05) is 12.6 Å². The molecule has 0 saturated heterocycles. The second kappa shape index (κ2) is 3.94. The summed E-state index contributed by atoms with van der Waals surface area (Å²) in [5.74, 6) is 0.385. The molecule has 0 N–H and O–H groups in total. The Balaban J connectivity index is 2.38. The van der Waals surface area contributed by atoms with E-state index in [2.05, 4.69) is 5.16 Å². The minimum Gasteiger partial charge on any atom is -0.335 e. The third-order valence-corrected chi connectivity index (χ3v) is 3.02. The van der Waals surface area contributed by atoms with Gasteiger partial charge in [0.15, 0.2) is 5.82 Å². The average Bonchev–Trinajstić information content (AvgIpc) is 2.81. The van der Waals surface area contributed by atoms with Crippen LogP contribution in [0.4, 0.5) is 0 Å². The van der Waals surface area contributed by atoms with Crippen LogP contribution in [0.1, 0.15) is 5.56 Å². The van der Waals surface area contributed by atoms with E-state index >= 15 is 0 Å². The molecule has 0 saturated carbocycles. The number of fused-ring (bicyclic) bond motifs is 1. The Hall–Kier alpha value is -2.63. The van der Waals surface area contributed by atoms with Gasteiger partial charge in [-0.3, -0.25) is 9.36 Å². The van der Waals surface area contributed by atoms with Gasteiger partial charge >= 0.3 is 5.69 Å². The van der Waals surface area contributed by atoms with Gasteiger partial charge in [-0.25, -0.2) is 9.20 Å². The van der Waals surface area contributed by atoms with Crippen LogP contribution in [0.25, 0.3) is 17.1 Å². The highest BCUT2D eigenvalue weighted by Crippen LogP contribution is 2.17. The zero-order valence-corrected chi connectivity index (χ0v) is 10.5. The zero-order chi connectivity index (χ0) is 13.6. The van der Waals surface area contributed by atoms with Crippen LogP contribution in [0.15, 0.2) is 44.4 Å². The molecule has 96 valence electrons. The van der Waals surface area contributed by atoms with Crippen LogP contribution in [0.5, 0.6) is 0 Å². The molecule has 3 rings (SSSR count). The summed E-state index contributed by atoms with van der Waals surface area (Å²) in [6.07, 6.45) is 0. The summed E-state index contributed by atoms with van der Waals surface area (Å²) < 4.78 is 7.35. The van der Waals surface area contributed by atoms with E-state index in [0.717, 1.165) is 15.7 Å². The fraction of sp³-hybridized carbons (Fsp3) is 0.154. The van der Waals surface area contributed by atoms with Crippen LogP contribution in [0.2, 0.25) is 0 Å². The van der Waals surface area contributed by atoms with Crippen LogP contribution < -0.4 is 11.2 Å². The number of rotatable bonds is 1. The average molecular weight is 257 g/mol. The predicted molar refractivity (Wildman–Crippen MR) is 69.1 cm³/mol. The van der Waals surface area contributed by atoms with Crippen LogP contribution in [-0.4, -0.2) is 14.1 Å². The lowest BCUT2D eigenvalue weighted by atomic mass is 10.1. The Bertz CT molecular complexity index is 869. The number of hydrogen-bond donors (Lipinski definition) is 0. The minimum atomic E-state index is -0.473. The summed E-state index contributed by atoms with van der Waals surface area (Å²) in [7, 11) is 1.42. The lowest BCUT2D eigenvalue weighted by Crippen LogP contribution is -2.34. The van der Waals surface area contributed by atoms with Crippen LogP contribution >= 0.6 is 0 Å². The van der Waals surface area contributed by atoms with Gasteiger partial charge in [-0.15, -0.1) is 0 Å². The number of benzene rings is 1. The van der Waals surface area contributed by atoms with Gasteiger partial charge in [0.05, 0.1) is 6.07 Å². The van der Waals surface area contributed by atoms with Gasteiger partial charge in [0.2, 0.25) is 5.71 Å². The number of aryl methyl sites for hydroxylation is 1. The summed E-state index contributed by atoms with van der Waals surface area (Å²) in [5, 5.41) is 3.87. The molecule has 0 bridgehead atoms.